The van der Waals surface area contributed by atoms with Gasteiger partial charge < -0.3 is 10.1 Å². The molecular formula is C19H22N2O2S. The summed E-state index contributed by atoms with van der Waals surface area (Å²) in [5.41, 5.74) is 2.17. The molecule has 0 aliphatic carbocycles. The molecular weight excluding hydrogens is 320 g/mol. The number of ether oxygens (including phenoxy) is 1. The molecule has 1 aromatic carbocycles. The summed E-state index contributed by atoms with van der Waals surface area (Å²) >= 11 is 1.46. The first-order valence-corrected chi connectivity index (χ1v) is 8.97. The fraction of sp³-hybridized carbons (Fsp3) is 0.368. The summed E-state index contributed by atoms with van der Waals surface area (Å²) in [5, 5.41) is 3.68. The highest BCUT2D eigenvalue weighted by Gasteiger charge is 2.29. The van der Waals surface area contributed by atoms with Crippen molar-refractivity contribution in [1.29, 1.82) is 0 Å². The Morgan fingerprint density at radius 3 is 2.96 bits per heavy atom. The lowest BCUT2D eigenvalue weighted by molar-refractivity contribution is -0.120. The van der Waals surface area contributed by atoms with Crippen molar-refractivity contribution in [3.63, 3.8) is 0 Å². The van der Waals surface area contributed by atoms with Crippen molar-refractivity contribution in [2.75, 3.05) is 0 Å². The minimum atomic E-state index is -0.184. The second kappa shape index (κ2) is 6.85. The summed E-state index contributed by atoms with van der Waals surface area (Å²) in [6, 6.07) is 11.8. The van der Waals surface area contributed by atoms with E-state index in [1.165, 1.54) is 17.3 Å². The number of nitrogens with one attached hydrogen (secondary N) is 1. The topological polar surface area (TPSA) is 51.2 Å². The molecule has 1 amide bonds. The van der Waals surface area contributed by atoms with Crippen LogP contribution in [0.3, 0.4) is 0 Å². The summed E-state index contributed by atoms with van der Waals surface area (Å²) in [7, 11) is 0. The molecule has 0 saturated heterocycles. The van der Waals surface area contributed by atoms with Gasteiger partial charge in [0.05, 0.1) is 10.3 Å². The zero-order chi connectivity index (χ0) is 17.2. The predicted octanol–water partition coefficient (Wildman–Crippen LogP) is 3.59. The third-order valence-electron chi connectivity index (χ3n) is 3.90. The van der Waals surface area contributed by atoms with Crippen molar-refractivity contribution in [2.24, 2.45) is 0 Å². The largest absolute Gasteiger partial charge is 0.487 e. The van der Waals surface area contributed by atoms with Gasteiger partial charge in [-0.25, -0.2) is 4.98 Å². The number of carbonyl (C=O) groups excluding carboxylic acids is 1. The van der Waals surface area contributed by atoms with Crippen LogP contribution in [0.25, 0.3) is 0 Å². The Bertz CT molecular complexity index is 731. The van der Waals surface area contributed by atoms with E-state index in [2.05, 4.69) is 30.2 Å². The second-order valence-electron chi connectivity index (χ2n) is 6.63. The van der Waals surface area contributed by atoms with E-state index < -0.39 is 0 Å². The van der Waals surface area contributed by atoms with Crippen molar-refractivity contribution in [1.82, 2.24) is 10.3 Å². The first kappa shape index (κ1) is 16.8. The molecule has 2 aromatic rings. The highest BCUT2D eigenvalue weighted by atomic mass is 32.2. The fourth-order valence-corrected chi connectivity index (χ4v) is 3.59. The van der Waals surface area contributed by atoms with Gasteiger partial charge in [0.15, 0.2) is 0 Å². The van der Waals surface area contributed by atoms with Gasteiger partial charge in [0.25, 0.3) is 0 Å². The SMILES string of the molecule is C[C@@H](Sc1ccccn1)C(=O)NCc1ccc2c(c1)CC(C)(C)O2. The van der Waals surface area contributed by atoms with Gasteiger partial charge in [0.1, 0.15) is 11.4 Å². The lowest BCUT2D eigenvalue weighted by Gasteiger charge is -2.16. The average Bonchev–Trinajstić information content (AvgIpc) is 2.86. The average molecular weight is 342 g/mol. The zero-order valence-electron chi connectivity index (χ0n) is 14.2. The molecule has 0 saturated carbocycles. The summed E-state index contributed by atoms with van der Waals surface area (Å²) < 4.78 is 5.88. The molecule has 126 valence electrons. The summed E-state index contributed by atoms with van der Waals surface area (Å²) in [6.07, 6.45) is 2.64. The maximum absolute atomic E-state index is 12.3. The number of aromatic nitrogens is 1. The molecule has 1 aliphatic rings. The van der Waals surface area contributed by atoms with Gasteiger partial charge in [-0.1, -0.05) is 30.0 Å². The van der Waals surface area contributed by atoms with E-state index in [1.807, 2.05) is 37.3 Å². The lowest BCUT2D eigenvalue weighted by Crippen LogP contribution is -2.30. The summed E-state index contributed by atoms with van der Waals surface area (Å²) in [4.78, 5) is 16.5. The molecule has 0 fully saturated rings. The van der Waals surface area contributed by atoms with Crippen LogP contribution in [0.15, 0.2) is 47.6 Å². The Labute approximate surface area is 147 Å². The minimum absolute atomic E-state index is 0.0164. The van der Waals surface area contributed by atoms with E-state index in [0.717, 1.165) is 22.8 Å². The number of thioether (sulfide) groups is 1. The van der Waals surface area contributed by atoms with E-state index in [9.17, 15) is 4.79 Å². The Kier molecular flexibility index (Phi) is 4.81. The molecule has 5 heteroatoms. The number of carbonyl (C=O) groups is 1. The van der Waals surface area contributed by atoms with E-state index in [4.69, 9.17) is 4.74 Å². The van der Waals surface area contributed by atoms with Crippen molar-refractivity contribution in [2.45, 2.75) is 49.6 Å². The smallest absolute Gasteiger partial charge is 0.233 e. The lowest BCUT2D eigenvalue weighted by atomic mass is 10.0. The van der Waals surface area contributed by atoms with Gasteiger partial charge in [-0.3, -0.25) is 4.79 Å². The van der Waals surface area contributed by atoms with Crippen LogP contribution in [-0.2, 0) is 17.8 Å². The van der Waals surface area contributed by atoms with Gasteiger partial charge >= 0.3 is 0 Å². The van der Waals surface area contributed by atoms with Crippen LogP contribution in [0, 0.1) is 0 Å². The van der Waals surface area contributed by atoms with Crippen LogP contribution < -0.4 is 10.1 Å². The number of rotatable bonds is 5. The summed E-state index contributed by atoms with van der Waals surface area (Å²) in [6.45, 7) is 6.60. The zero-order valence-corrected chi connectivity index (χ0v) is 15.0. The van der Waals surface area contributed by atoms with Gasteiger partial charge in [-0.05, 0) is 50.1 Å². The predicted molar refractivity (Wildman–Crippen MR) is 96.3 cm³/mol. The Morgan fingerprint density at radius 2 is 2.21 bits per heavy atom. The molecule has 0 spiro atoms. The highest BCUT2D eigenvalue weighted by Crippen LogP contribution is 2.35. The van der Waals surface area contributed by atoms with Crippen molar-refractivity contribution in [3.8, 4) is 5.75 Å². The van der Waals surface area contributed by atoms with Crippen LogP contribution >= 0.6 is 11.8 Å². The number of hydrogen-bond acceptors (Lipinski definition) is 4. The molecule has 4 nitrogen and oxygen atoms in total. The maximum atomic E-state index is 12.3. The van der Waals surface area contributed by atoms with E-state index in [-0.39, 0.29) is 16.8 Å². The normalized spacial score (nSPS) is 16.1. The van der Waals surface area contributed by atoms with Crippen LogP contribution in [0.4, 0.5) is 0 Å². The molecule has 0 unspecified atom stereocenters. The number of nitrogens with zero attached hydrogens (tertiary/aromatic N) is 1. The van der Waals surface area contributed by atoms with Crippen molar-refractivity contribution in [3.05, 3.63) is 53.7 Å². The standard InChI is InChI=1S/C19H22N2O2S/c1-13(24-17-6-4-5-9-20-17)18(22)21-12-14-7-8-16-15(10-14)11-19(2,3)23-16/h4-10,13H,11-12H2,1-3H3,(H,21,22)/t13-/m1/s1. The first-order valence-electron chi connectivity index (χ1n) is 8.09. The van der Waals surface area contributed by atoms with Crippen molar-refractivity contribution >= 4 is 17.7 Å². The highest BCUT2D eigenvalue weighted by molar-refractivity contribution is 8.00. The van der Waals surface area contributed by atoms with E-state index in [1.54, 1.807) is 6.20 Å². The third kappa shape index (κ3) is 4.09. The van der Waals surface area contributed by atoms with Crippen LogP contribution in [0.1, 0.15) is 31.9 Å². The van der Waals surface area contributed by atoms with E-state index in [0.29, 0.717) is 6.54 Å². The van der Waals surface area contributed by atoms with Gasteiger partial charge in [-0.15, -0.1) is 0 Å². The Balaban J connectivity index is 1.55. The molecule has 0 bridgehead atoms. The van der Waals surface area contributed by atoms with Crippen LogP contribution in [0.2, 0.25) is 0 Å². The Hall–Kier alpha value is -2.01. The minimum Gasteiger partial charge on any atom is -0.487 e. The molecule has 1 N–H and O–H groups in total. The number of fused-ring (bicyclic) bond motifs is 1. The molecule has 0 radical (unpaired) electrons. The number of benzene rings is 1. The van der Waals surface area contributed by atoms with E-state index >= 15 is 0 Å². The van der Waals surface area contributed by atoms with Gasteiger partial charge in [0.2, 0.25) is 5.91 Å². The number of amides is 1. The fourth-order valence-electron chi connectivity index (χ4n) is 2.76. The molecule has 3 rings (SSSR count). The second-order valence-corrected chi connectivity index (χ2v) is 7.99. The molecule has 1 atom stereocenters. The molecule has 1 aromatic heterocycles. The monoisotopic (exact) mass is 342 g/mol. The summed E-state index contributed by atoms with van der Waals surface area (Å²) in [5.74, 6) is 0.969. The van der Waals surface area contributed by atoms with Gasteiger partial charge in [-0.2, -0.15) is 0 Å². The molecule has 2 heterocycles. The molecule has 1 aliphatic heterocycles. The third-order valence-corrected chi connectivity index (χ3v) is 4.95. The maximum Gasteiger partial charge on any atom is 0.233 e. The Morgan fingerprint density at radius 1 is 1.38 bits per heavy atom. The first-order chi connectivity index (χ1) is 11.4. The van der Waals surface area contributed by atoms with Crippen molar-refractivity contribution < 1.29 is 9.53 Å². The number of pyridine rings is 1. The van der Waals surface area contributed by atoms with Gasteiger partial charge in [0, 0.05) is 19.2 Å². The number of hydrogen-bond donors (Lipinski definition) is 1. The van der Waals surface area contributed by atoms with Crippen LogP contribution in [0.5, 0.6) is 5.75 Å². The quantitative estimate of drug-likeness (QED) is 0.844. The van der Waals surface area contributed by atoms with Crippen LogP contribution in [-0.4, -0.2) is 21.7 Å². The molecule has 24 heavy (non-hydrogen) atoms.